The molecular weight excluding hydrogens is 469 g/mol. The van der Waals surface area contributed by atoms with Gasteiger partial charge >= 0.3 is 6.18 Å². The van der Waals surface area contributed by atoms with Gasteiger partial charge in [-0.25, -0.2) is 4.98 Å². The molecule has 1 N–H and O–H groups in total. The quantitative estimate of drug-likeness (QED) is 0.589. The van der Waals surface area contributed by atoms with Crippen molar-refractivity contribution in [3.8, 4) is 0 Å². The summed E-state index contributed by atoms with van der Waals surface area (Å²) in [6.45, 7) is 4.75. The van der Waals surface area contributed by atoms with E-state index in [0.29, 0.717) is 34.3 Å². The van der Waals surface area contributed by atoms with E-state index in [-0.39, 0.29) is 17.0 Å². The van der Waals surface area contributed by atoms with Crippen LogP contribution in [-0.4, -0.2) is 39.4 Å². The third-order valence-electron chi connectivity index (χ3n) is 5.97. The van der Waals surface area contributed by atoms with Gasteiger partial charge in [-0.3, -0.25) is 19.0 Å². The van der Waals surface area contributed by atoms with E-state index in [2.05, 4.69) is 17.2 Å². The van der Waals surface area contributed by atoms with Gasteiger partial charge in [0.25, 0.3) is 11.5 Å². The topological polar surface area (TPSA) is 84.3 Å². The van der Waals surface area contributed by atoms with Gasteiger partial charge in [-0.1, -0.05) is 13.0 Å². The summed E-state index contributed by atoms with van der Waals surface area (Å²) >= 11 is 1.15. The van der Waals surface area contributed by atoms with Crippen molar-refractivity contribution in [2.45, 2.75) is 39.4 Å². The van der Waals surface area contributed by atoms with Gasteiger partial charge < -0.3 is 10.2 Å². The Bertz CT molecular complexity index is 1310. The van der Waals surface area contributed by atoms with Crippen molar-refractivity contribution < 1.29 is 22.8 Å². The van der Waals surface area contributed by atoms with E-state index in [0.717, 1.165) is 40.9 Å². The molecular formula is C23H23F3N4O3S. The first-order chi connectivity index (χ1) is 16.0. The lowest BCUT2D eigenvalue weighted by atomic mass is 9.99. The Balaban J connectivity index is 1.55. The number of halogens is 3. The maximum atomic E-state index is 13.1. The second kappa shape index (κ2) is 9.21. The van der Waals surface area contributed by atoms with Crippen LogP contribution in [0.1, 0.15) is 40.6 Å². The molecule has 0 unspecified atom stereocenters. The Morgan fingerprint density at radius 3 is 2.62 bits per heavy atom. The van der Waals surface area contributed by atoms with Gasteiger partial charge in [0.05, 0.1) is 22.2 Å². The van der Waals surface area contributed by atoms with Gasteiger partial charge in [0.2, 0.25) is 5.91 Å². The molecule has 0 aliphatic carbocycles. The highest BCUT2D eigenvalue weighted by Crippen LogP contribution is 2.31. The van der Waals surface area contributed by atoms with Crippen molar-refractivity contribution >= 4 is 39.1 Å². The summed E-state index contributed by atoms with van der Waals surface area (Å²) in [5.41, 5.74) is -0.879. The van der Waals surface area contributed by atoms with Gasteiger partial charge in [-0.15, -0.1) is 11.3 Å². The molecule has 3 aromatic rings. The maximum Gasteiger partial charge on any atom is 0.416 e. The summed E-state index contributed by atoms with van der Waals surface area (Å²) in [7, 11) is 0. The number of hydrogen-bond donors (Lipinski definition) is 1. The van der Waals surface area contributed by atoms with E-state index in [1.54, 1.807) is 11.8 Å². The largest absolute Gasteiger partial charge is 0.416 e. The first kappa shape index (κ1) is 23.9. The van der Waals surface area contributed by atoms with Crippen molar-refractivity contribution in [1.29, 1.82) is 0 Å². The van der Waals surface area contributed by atoms with E-state index in [1.165, 1.54) is 18.5 Å². The van der Waals surface area contributed by atoms with Crippen molar-refractivity contribution in [3.05, 3.63) is 57.0 Å². The number of nitrogens with one attached hydrogen (secondary N) is 1. The molecule has 1 fully saturated rings. The van der Waals surface area contributed by atoms with E-state index >= 15 is 0 Å². The predicted octanol–water partition coefficient (Wildman–Crippen LogP) is 4.30. The molecule has 1 aliphatic rings. The monoisotopic (exact) mass is 492 g/mol. The Hall–Kier alpha value is -3.21. The van der Waals surface area contributed by atoms with E-state index in [9.17, 15) is 27.6 Å². The summed E-state index contributed by atoms with van der Waals surface area (Å²) in [6, 6.07) is 4.25. The van der Waals surface area contributed by atoms with Crippen molar-refractivity contribution in [3.63, 3.8) is 0 Å². The summed E-state index contributed by atoms with van der Waals surface area (Å²) in [5.74, 6) is -0.224. The molecule has 3 heterocycles. The number of nitrogens with zero attached hydrogens (tertiary/aromatic N) is 3. The molecule has 1 aliphatic heterocycles. The number of piperidine rings is 1. The zero-order chi connectivity index (χ0) is 24.6. The number of benzene rings is 1. The number of carbonyl (C=O) groups excluding carboxylic acids is 2. The van der Waals surface area contributed by atoms with Crippen LogP contribution >= 0.6 is 11.3 Å². The first-order valence-corrected chi connectivity index (χ1v) is 11.6. The number of thiophene rings is 1. The van der Waals surface area contributed by atoms with Crippen LogP contribution in [0.25, 0.3) is 10.2 Å². The van der Waals surface area contributed by atoms with Crippen LogP contribution in [0, 0.1) is 12.8 Å². The number of likely N-dealkylation sites (tertiary alicyclic amines) is 1. The summed E-state index contributed by atoms with van der Waals surface area (Å²) in [6.07, 6.45) is -1.46. The molecule has 0 radical (unpaired) electrons. The SMILES string of the molecule is Cc1c(C(=O)N2CCC(C)CC2)sc2ncn(CC(=O)Nc3cccc(C(F)(F)F)c3)c(=O)c12. The van der Waals surface area contributed by atoms with Gasteiger partial charge in [-0.2, -0.15) is 13.2 Å². The van der Waals surface area contributed by atoms with Crippen molar-refractivity contribution in [2.24, 2.45) is 5.92 Å². The molecule has 0 atom stereocenters. The Labute approximate surface area is 197 Å². The molecule has 7 nitrogen and oxygen atoms in total. The van der Waals surface area contributed by atoms with E-state index in [4.69, 9.17) is 0 Å². The lowest BCUT2D eigenvalue weighted by Gasteiger charge is -2.30. The molecule has 11 heteroatoms. The van der Waals surface area contributed by atoms with Crippen LogP contribution in [0.5, 0.6) is 0 Å². The number of carbonyl (C=O) groups is 2. The molecule has 4 rings (SSSR count). The molecule has 34 heavy (non-hydrogen) atoms. The normalized spacial score (nSPS) is 15.0. The third kappa shape index (κ3) is 4.84. The second-order valence-electron chi connectivity index (χ2n) is 8.52. The van der Waals surface area contributed by atoms with Crippen molar-refractivity contribution in [1.82, 2.24) is 14.5 Å². The predicted molar refractivity (Wildman–Crippen MR) is 123 cm³/mol. The molecule has 0 spiro atoms. The fraction of sp³-hybridized carbons (Fsp3) is 0.391. The third-order valence-corrected chi connectivity index (χ3v) is 7.16. The molecule has 2 amide bonds. The van der Waals surface area contributed by atoms with Gasteiger partial charge in [0, 0.05) is 18.8 Å². The zero-order valence-corrected chi connectivity index (χ0v) is 19.4. The van der Waals surface area contributed by atoms with Gasteiger partial charge in [-0.05, 0) is 49.4 Å². The number of amides is 2. The zero-order valence-electron chi connectivity index (χ0n) is 18.6. The molecule has 0 saturated carbocycles. The Kier molecular flexibility index (Phi) is 6.48. The van der Waals surface area contributed by atoms with Crippen LogP contribution in [0.3, 0.4) is 0 Å². The standard InChI is InChI=1S/C23H23F3N4O3S/c1-13-6-8-29(9-7-13)22(33)19-14(2)18-20(34-19)27-12-30(21(18)32)11-17(31)28-16-5-3-4-15(10-16)23(24,25)26/h3-5,10,12-13H,6-9,11H2,1-2H3,(H,28,31). The van der Waals surface area contributed by atoms with Crippen LogP contribution in [0.2, 0.25) is 0 Å². The molecule has 1 saturated heterocycles. The minimum atomic E-state index is -4.54. The number of fused-ring (bicyclic) bond motifs is 1. The summed E-state index contributed by atoms with van der Waals surface area (Å²) < 4.78 is 39.8. The average molecular weight is 493 g/mol. The highest BCUT2D eigenvalue weighted by Gasteiger charge is 2.30. The van der Waals surface area contributed by atoms with Crippen molar-refractivity contribution in [2.75, 3.05) is 18.4 Å². The number of aryl methyl sites for hydroxylation is 1. The fourth-order valence-corrected chi connectivity index (χ4v) is 5.07. The van der Waals surface area contributed by atoms with Crippen LogP contribution in [0.15, 0.2) is 35.4 Å². The molecule has 2 aromatic heterocycles. The van der Waals surface area contributed by atoms with Gasteiger partial charge in [0.1, 0.15) is 11.4 Å². The highest BCUT2D eigenvalue weighted by atomic mass is 32.1. The number of aromatic nitrogens is 2. The van der Waals surface area contributed by atoms with Crippen LogP contribution < -0.4 is 10.9 Å². The first-order valence-electron chi connectivity index (χ1n) is 10.8. The number of alkyl halides is 3. The lowest BCUT2D eigenvalue weighted by Crippen LogP contribution is -2.37. The average Bonchev–Trinajstić information content (AvgIpc) is 3.12. The van der Waals surface area contributed by atoms with E-state index < -0.39 is 29.8 Å². The summed E-state index contributed by atoms with van der Waals surface area (Å²) in [4.78, 5) is 45.4. The smallest absolute Gasteiger partial charge is 0.338 e. The number of hydrogen-bond acceptors (Lipinski definition) is 5. The van der Waals surface area contributed by atoms with Crippen LogP contribution in [-0.2, 0) is 17.5 Å². The number of anilines is 1. The molecule has 1 aromatic carbocycles. The minimum absolute atomic E-state index is 0.0302. The second-order valence-corrected chi connectivity index (χ2v) is 9.51. The number of rotatable bonds is 4. The fourth-order valence-electron chi connectivity index (χ4n) is 3.96. The summed E-state index contributed by atoms with van der Waals surface area (Å²) in [5, 5.41) is 2.65. The maximum absolute atomic E-state index is 13.1. The Morgan fingerprint density at radius 1 is 1.24 bits per heavy atom. The molecule has 180 valence electrons. The minimum Gasteiger partial charge on any atom is -0.338 e. The van der Waals surface area contributed by atoms with E-state index in [1.807, 2.05) is 0 Å². The van der Waals surface area contributed by atoms with Gasteiger partial charge in [0.15, 0.2) is 0 Å². The lowest BCUT2D eigenvalue weighted by molar-refractivity contribution is -0.137. The highest BCUT2D eigenvalue weighted by molar-refractivity contribution is 7.20. The molecule has 0 bridgehead atoms. The van der Waals surface area contributed by atoms with Crippen LogP contribution in [0.4, 0.5) is 18.9 Å². The Morgan fingerprint density at radius 2 is 1.94 bits per heavy atom.